The van der Waals surface area contributed by atoms with E-state index in [0.717, 1.165) is 0 Å². The minimum atomic E-state index is -4.86. The number of ether oxygens (including phenoxy) is 2. The van der Waals surface area contributed by atoms with E-state index in [0.29, 0.717) is 18.8 Å². The van der Waals surface area contributed by atoms with Crippen LogP contribution in [-0.2, 0) is 20.9 Å². The lowest BCUT2D eigenvalue weighted by molar-refractivity contribution is -0.248. The molecule has 3 nitrogen and oxygen atoms in total. The predicted molar refractivity (Wildman–Crippen MR) is 81.2 cm³/mol. The lowest BCUT2D eigenvalue weighted by atomic mass is 9.85. The van der Waals surface area contributed by atoms with Crippen LogP contribution in [0.4, 0.5) is 13.2 Å². The molecule has 1 aliphatic rings. The smallest absolute Gasteiger partial charge is 0.372 e. The van der Waals surface area contributed by atoms with Crippen LogP contribution in [0.15, 0.2) is 54.6 Å². The number of aliphatic hydroxyl groups is 1. The Hall–Kier alpha value is -1.89. The van der Waals surface area contributed by atoms with Crippen molar-refractivity contribution in [2.75, 3.05) is 13.2 Å². The molecule has 1 unspecified atom stereocenters. The van der Waals surface area contributed by atoms with Crippen molar-refractivity contribution in [2.24, 2.45) is 0 Å². The summed E-state index contributed by atoms with van der Waals surface area (Å²) in [6.45, 7) is 2.56. The number of halogens is 3. The fourth-order valence-electron chi connectivity index (χ4n) is 2.87. The van der Waals surface area contributed by atoms with Crippen molar-refractivity contribution in [1.82, 2.24) is 0 Å². The van der Waals surface area contributed by atoms with Crippen LogP contribution in [0.2, 0.25) is 0 Å². The van der Waals surface area contributed by atoms with E-state index < -0.39 is 17.6 Å². The van der Waals surface area contributed by atoms with Gasteiger partial charge < -0.3 is 14.6 Å². The topological polar surface area (TPSA) is 38.7 Å². The maximum Gasteiger partial charge on any atom is 0.425 e. The van der Waals surface area contributed by atoms with Crippen molar-refractivity contribution < 1.29 is 27.8 Å². The van der Waals surface area contributed by atoms with Crippen molar-refractivity contribution in [3.05, 3.63) is 71.3 Å². The monoisotopic (exact) mass is 338 g/mol. The summed E-state index contributed by atoms with van der Waals surface area (Å²) in [5.41, 5.74) is -2.97. The zero-order chi connectivity index (χ0) is 17.4. The van der Waals surface area contributed by atoms with E-state index >= 15 is 0 Å². The molecule has 3 rings (SSSR count). The van der Waals surface area contributed by atoms with Gasteiger partial charge in [0, 0.05) is 5.56 Å². The summed E-state index contributed by atoms with van der Waals surface area (Å²) >= 11 is 0. The molecule has 128 valence electrons. The fraction of sp³-hybridized carbons (Fsp3) is 0.333. The summed E-state index contributed by atoms with van der Waals surface area (Å²) in [5.74, 6) is -0.971. The van der Waals surface area contributed by atoms with Gasteiger partial charge in [0.15, 0.2) is 5.79 Å². The van der Waals surface area contributed by atoms with Gasteiger partial charge in [-0.1, -0.05) is 54.6 Å². The first kappa shape index (κ1) is 17.0. The van der Waals surface area contributed by atoms with Crippen LogP contribution >= 0.6 is 0 Å². The van der Waals surface area contributed by atoms with E-state index in [2.05, 4.69) is 0 Å². The highest BCUT2D eigenvalue weighted by Gasteiger charge is 2.56. The lowest BCUT2D eigenvalue weighted by Crippen LogP contribution is -2.43. The summed E-state index contributed by atoms with van der Waals surface area (Å²) in [6.07, 6.45) is -4.86. The Morgan fingerprint density at radius 2 is 1.38 bits per heavy atom. The number of rotatable bonds is 3. The Bertz CT molecular complexity index is 692. The molecule has 0 radical (unpaired) electrons. The largest absolute Gasteiger partial charge is 0.425 e. The standard InChI is InChI=1S/C18H17F3O3/c1-16(23-11-12-24-16)13-7-9-15(10-8-13)17(22,18(19,20)21)14-5-3-2-4-6-14/h2-10,22H,11-12H2,1H3. The summed E-state index contributed by atoms with van der Waals surface area (Å²) in [7, 11) is 0. The molecular formula is C18H17F3O3. The van der Waals surface area contributed by atoms with Gasteiger partial charge >= 0.3 is 6.18 Å². The molecule has 1 atom stereocenters. The summed E-state index contributed by atoms with van der Waals surface area (Å²) in [4.78, 5) is 0. The summed E-state index contributed by atoms with van der Waals surface area (Å²) in [6, 6.07) is 12.5. The average Bonchev–Trinajstić information content (AvgIpc) is 3.02. The zero-order valence-corrected chi connectivity index (χ0v) is 13.0. The summed E-state index contributed by atoms with van der Waals surface area (Å²) < 4.78 is 52.0. The molecule has 0 saturated carbocycles. The molecule has 1 aliphatic heterocycles. The zero-order valence-electron chi connectivity index (χ0n) is 13.0. The van der Waals surface area contributed by atoms with Gasteiger partial charge in [-0.25, -0.2) is 0 Å². The van der Waals surface area contributed by atoms with Crippen LogP contribution < -0.4 is 0 Å². The highest BCUT2D eigenvalue weighted by molar-refractivity contribution is 5.39. The summed E-state index contributed by atoms with van der Waals surface area (Å²) in [5, 5.41) is 10.5. The Kier molecular flexibility index (Phi) is 4.15. The van der Waals surface area contributed by atoms with Gasteiger partial charge in [-0.3, -0.25) is 0 Å². The van der Waals surface area contributed by atoms with Gasteiger partial charge in [-0.2, -0.15) is 13.2 Å². The average molecular weight is 338 g/mol. The van der Waals surface area contributed by atoms with Crippen LogP contribution in [0.25, 0.3) is 0 Å². The third-order valence-corrected chi connectivity index (χ3v) is 4.27. The number of hydrogen-bond donors (Lipinski definition) is 1. The van der Waals surface area contributed by atoms with E-state index in [1.54, 1.807) is 13.0 Å². The third-order valence-electron chi connectivity index (χ3n) is 4.27. The van der Waals surface area contributed by atoms with Gasteiger partial charge in [0.2, 0.25) is 5.60 Å². The van der Waals surface area contributed by atoms with Gasteiger partial charge in [-0.05, 0) is 18.1 Å². The first-order valence-electron chi connectivity index (χ1n) is 7.51. The number of alkyl halides is 3. The van der Waals surface area contributed by atoms with E-state index in [-0.39, 0.29) is 11.1 Å². The predicted octanol–water partition coefficient (Wildman–Crippen LogP) is 3.70. The molecule has 1 heterocycles. The lowest BCUT2D eigenvalue weighted by Gasteiger charge is -2.32. The second-order valence-corrected chi connectivity index (χ2v) is 5.79. The normalized spacial score (nSPS) is 19.9. The molecule has 0 aromatic heterocycles. The Morgan fingerprint density at radius 3 is 1.88 bits per heavy atom. The van der Waals surface area contributed by atoms with Gasteiger partial charge in [0.05, 0.1) is 13.2 Å². The first-order chi connectivity index (χ1) is 11.3. The molecule has 0 spiro atoms. The molecule has 1 saturated heterocycles. The Balaban J connectivity index is 2.04. The van der Waals surface area contributed by atoms with E-state index in [1.807, 2.05) is 0 Å². The van der Waals surface area contributed by atoms with Crippen molar-refractivity contribution in [2.45, 2.75) is 24.5 Å². The molecule has 2 aromatic carbocycles. The van der Waals surface area contributed by atoms with Crippen molar-refractivity contribution in [1.29, 1.82) is 0 Å². The Labute approximate surface area is 137 Å². The van der Waals surface area contributed by atoms with Crippen molar-refractivity contribution in [3.63, 3.8) is 0 Å². The second kappa shape index (κ2) is 5.88. The van der Waals surface area contributed by atoms with E-state index in [4.69, 9.17) is 9.47 Å². The minimum absolute atomic E-state index is 0.232. The van der Waals surface area contributed by atoms with Gasteiger partial charge in [-0.15, -0.1) is 0 Å². The van der Waals surface area contributed by atoms with Crippen LogP contribution in [0.5, 0.6) is 0 Å². The number of benzene rings is 2. The van der Waals surface area contributed by atoms with Crippen LogP contribution in [0.1, 0.15) is 23.6 Å². The molecule has 24 heavy (non-hydrogen) atoms. The third kappa shape index (κ3) is 2.70. The van der Waals surface area contributed by atoms with Crippen LogP contribution in [0.3, 0.4) is 0 Å². The molecule has 6 heteroatoms. The van der Waals surface area contributed by atoms with Gasteiger partial charge in [0.1, 0.15) is 0 Å². The highest BCUT2D eigenvalue weighted by Crippen LogP contribution is 2.44. The maximum absolute atomic E-state index is 13.7. The van der Waals surface area contributed by atoms with Crippen molar-refractivity contribution in [3.8, 4) is 0 Å². The molecular weight excluding hydrogens is 321 g/mol. The van der Waals surface area contributed by atoms with Crippen molar-refractivity contribution >= 4 is 0 Å². The molecule has 0 amide bonds. The van der Waals surface area contributed by atoms with Gasteiger partial charge in [0.25, 0.3) is 0 Å². The SMILES string of the molecule is CC1(c2ccc(C(O)(c3ccccc3)C(F)(F)F)cc2)OCCO1. The molecule has 0 aliphatic carbocycles. The molecule has 1 fully saturated rings. The second-order valence-electron chi connectivity index (χ2n) is 5.79. The molecule has 0 bridgehead atoms. The first-order valence-corrected chi connectivity index (χ1v) is 7.51. The Morgan fingerprint density at radius 1 is 0.875 bits per heavy atom. The fourth-order valence-corrected chi connectivity index (χ4v) is 2.87. The maximum atomic E-state index is 13.7. The molecule has 2 aromatic rings. The van der Waals surface area contributed by atoms with Crippen LogP contribution in [0, 0.1) is 0 Å². The minimum Gasteiger partial charge on any atom is -0.372 e. The van der Waals surface area contributed by atoms with E-state index in [9.17, 15) is 18.3 Å². The number of hydrogen-bond acceptors (Lipinski definition) is 3. The molecule has 1 N–H and O–H groups in total. The van der Waals surface area contributed by atoms with Crippen LogP contribution in [-0.4, -0.2) is 24.5 Å². The van der Waals surface area contributed by atoms with E-state index in [1.165, 1.54) is 48.5 Å². The quantitative estimate of drug-likeness (QED) is 0.927. The highest BCUT2D eigenvalue weighted by atomic mass is 19.4.